The van der Waals surface area contributed by atoms with Gasteiger partial charge in [-0.15, -0.1) is 0 Å². The lowest BCUT2D eigenvalue weighted by molar-refractivity contribution is -0.140. The summed E-state index contributed by atoms with van der Waals surface area (Å²) >= 11 is 0. The van der Waals surface area contributed by atoms with Gasteiger partial charge in [0.1, 0.15) is 6.04 Å². The van der Waals surface area contributed by atoms with Crippen LogP contribution in [0.25, 0.3) is 0 Å². The molecule has 0 saturated carbocycles. The number of amides is 2. The summed E-state index contributed by atoms with van der Waals surface area (Å²) < 4.78 is 0. The molecule has 0 saturated heterocycles. The molecular formula is C21H20N2O5. The Bertz CT molecular complexity index is 983. The van der Waals surface area contributed by atoms with Crippen molar-refractivity contribution >= 4 is 29.3 Å². The Balaban J connectivity index is 1.91. The fraction of sp³-hybridized carbons (Fsp3) is 0.238. The van der Waals surface area contributed by atoms with Crippen molar-refractivity contribution in [2.24, 2.45) is 5.92 Å². The second-order valence-corrected chi connectivity index (χ2v) is 6.73. The molecule has 2 aromatic carbocycles. The zero-order chi connectivity index (χ0) is 20.4. The van der Waals surface area contributed by atoms with E-state index in [1.165, 1.54) is 12.1 Å². The third-order valence-corrected chi connectivity index (χ3v) is 4.97. The molecule has 2 unspecified atom stereocenters. The Morgan fingerprint density at radius 3 is 2.18 bits per heavy atom. The summed E-state index contributed by atoms with van der Waals surface area (Å²) in [6, 6.07) is 9.31. The molecule has 3 rings (SSSR count). The summed E-state index contributed by atoms with van der Waals surface area (Å²) in [5.41, 5.74) is 1.08. The van der Waals surface area contributed by atoms with Crippen LogP contribution in [-0.4, -0.2) is 34.7 Å². The van der Waals surface area contributed by atoms with Crippen molar-refractivity contribution in [1.29, 1.82) is 0 Å². The molecule has 1 aliphatic carbocycles. The van der Waals surface area contributed by atoms with Crippen LogP contribution in [0.2, 0.25) is 0 Å². The van der Waals surface area contributed by atoms with E-state index in [2.05, 4.69) is 10.6 Å². The quantitative estimate of drug-likeness (QED) is 0.630. The summed E-state index contributed by atoms with van der Waals surface area (Å²) in [5, 5.41) is 14.3. The topological polar surface area (TPSA) is 113 Å². The Morgan fingerprint density at radius 1 is 0.964 bits per heavy atom. The van der Waals surface area contributed by atoms with Crippen LogP contribution in [0.15, 0.2) is 42.5 Å². The number of carboxylic acid groups (broad SMARTS) is 1. The number of carbonyl (C=O) groups excluding carboxylic acids is 3. The summed E-state index contributed by atoms with van der Waals surface area (Å²) in [7, 11) is 0. The first-order valence-corrected chi connectivity index (χ1v) is 8.96. The SMILES string of the molecule is CCC(C)C(NC(=O)Nc1cccc2c1C(=O)c1ccccc1C2=O)C(=O)O. The molecule has 0 aliphatic heterocycles. The van der Waals surface area contributed by atoms with Gasteiger partial charge in [0.2, 0.25) is 0 Å². The second-order valence-electron chi connectivity index (χ2n) is 6.73. The van der Waals surface area contributed by atoms with Crippen LogP contribution in [-0.2, 0) is 4.79 Å². The molecule has 144 valence electrons. The molecule has 0 heterocycles. The molecule has 0 bridgehead atoms. The van der Waals surface area contributed by atoms with E-state index in [4.69, 9.17) is 0 Å². The number of rotatable bonds is 5. The van der Waals surface area contributed by atoms with Crippen LogP contribution in [0.3, 0.4) is 0 Å². The number of hydrogen-bond donors (Lipinski definition) is 3. The van der Waals surface area contributed by atoms with E-state index in [9.17, 15) is 24.3 Å². The minimum atomic E-state index is -1.14. The maximum absolute atomic E-state index is 12.9. The van der Waals surface area contributed by atoms with Gasteiger partial charge in [0.05, 0.1) is 11.3 Å². The number of fused-ring (bicyclic) bond motifs is 2. The largest absolute Gasteiger partial charge is 0.480 e. The molecule has 0 spiro atoms. The first kappa shape index (κ1) is 19.3. The van der Waals surface area contributed by atoms with Gasteiger partial charge < -0.3 is 15.7 Å². The van der Waals surface area contributed by atoms with Gasteiger partial charge in [-0.25, -0.2) is 9.59 Å². The van der Waals surface area contributed by atoms with E-state index >= 15 is 0 Å². The highest BCUT2D eigenvalue weighted by atomic mass is 16.4. The van der Waals surface area contributed by atoms with Crippen molar-refractivity contribution in [1.82, 2.24) is 5.32 Å². The first-order valence-electron chi connectivity index (χ1n) is 8.96. The highest BCUT2D eigenvalue weighted by Crippen LogP contribution is 2.31. The minimum Gasteiger partial charge on any atom is -0.480 e. The Morgan fingerprint density at radius 2 is 1.57 bits per heavy atom. The smallest absolute Gasteiger partial charge is 0.326 e. The molecule has 7 nitrogen and oxygen atoms in total. The molecule has 2 aromatic rings. The Labute approximate surface area is 161 Å². The van der Waals surface area contributed by atoms with E-state index in [1.54, 1.807) is 37.3 Å². The molecule has 1 aliphatic rings. The van der Waals surface area contributed by atoms with Crippen molar-refractivity contribution in [2.45, 2.75) is 26.3 Å². The van der Waals surface area contributed by atoms with Crippen molar-refractivity contribution in [2.75, 3.05) is 5.32 Å². The molecular weight excluding hydrogens is 360 g/mol. The molecule has 0 aromatic heterocycles. The number of ketones is 2. The molecule has 0 fully saturated rings. The van der Waals surface area contributed by atoms with Gasteiger partial charge in [0.25, 0.3) is 0 Å². The molecule has 2 atom stereocenters. The third-order valence-electron chi connectivity index (χ3n) is 4.97. The van der Waals surface area contributed by atoms with E-state index in [1.807, 2.05) is 6.92 Å². The lowest BCUT2D eigenvalue weighted by atomic mass is 9.83. The monoisotopic (exact) mass is 380 g/mol. The maximum Gasteiger partial charge on any atom is 0.326 e. The zero-order valence-corrected chi connectivity index (χ0v) is 15.5. The molecule has 2 amide bonds. The van der Waals surface area contributed by atoms with Gasteiger partial charge in [-0.05, 0) is 12.0 Å². The number of carbonyl (C=O) groups is 4. The van der Waals surface area contributed by atoms with Crippen LogP contribution in [0, 0.1) is 5.92 Å². The van der Waals surface area contributed by atoms with Gasteiger partial charge in [-0.2, -0.15) is 0 Å². The standard InChI is InChI=1S/C21H20N2O5/c1-3-11(2)17(20(26)27)23-21(28)22-15-10-6-9-14-16(15)19(25)13-8-5-4-7-12(13)18(14)24/h4-11,17H,3H2,1-2H3,(H,26,27)(H2,22,23,28). The van der Waals surface area contributed by atoms with Gasteiger partial charge in [0, 0.05) is 16.7 Å². The summed E-state index contributed by atoms with van der Waals surface area (Å²) in [6.07, 6.45) is 0.571. The van der Waals surface area contributed by atoms with Gasteiger partial charge in [-0.3, -0.25) is 9.59 Å². The number of carboxylic acids is 1. The molecule has 0 radical (unpaired) electrons. The average molecular weight is 380 g/mol. The average Bonchev–Trinajstić information content (AvgIpc) is 2.69. The van der Waals surface area contributed by atoms with Gasteiger partial charge >= 0.3 is 12.0 Å². The summed E-state index contributed by atoms with van der Waals surface area (Å²) in [5.74, 6) is -2.07. The predicted octanol–water partition coefficient (Wildman–Crippen LogP) is 3.08. The van der Waals surface area contributed by atoms with E-state index in [0.29, 0.717) is 12.0 Å². The van der Waals surface area contributed by atoms with Crippen LogP contribution in [0.5, 0.6) is 0 Å². The van der Waals surface area contributed by atoms with Gasteiger partial charge in [0.15, 0.2) is 11.6 Å². The van der Waals surface area contributed by atoms with Crippen molar-refractivity contribution in [3.05, 3.63) is 64.7 Å². The van der Waals surface area contributed by atoms with Crippen LogP contribution < -0.4 is 10.6 Å². The summed E-state index contributed by atoms with van der Waals surface area (Å²) in [4.78, 5) is 49.4. The molecule has 28 heavy (non-hydrogen) atoms. The molecule has 7 heteroatoms. The lowest BCUT2D eigenvalue weighted by Crippen LogP contribution is -2.46. The number of benzene rings is 2. The first-order chi connectivity index (χ1) is 13.3. The summed E-state index contributed by atoms with van der Waals surface area (Å²) in [6.45, 7) is 3.55. The number of hydrogen-bond acceptors (Lipinski definition) is 4. The Hall–Kier alpha value is -3.48. The maximum atomic E-state index is 12.9. The zero-order valence-electron chi connectivity index (χ0n) is 15.5. The highest BCUT2D eigenvalue weighted by Gasteiger charge is 2.32. The number of aliphatic carboxylic acids is 1. The third kappa shape index (κ3) is 3.38. The number of anilines is 1. The van der Waals surface area contributed by atoms with Crippen LogP contribution in [0.4, 0.5) is 10.5 Å². The van der Waals surface area contributed by atoms with Crippen LogP contribution in [0.1, 0.15) is 52.1 Å². The van der Waals surface area contributed by atoms with Crippen LogP contribution >= 0.6 is 0 Å². The fourth-order valence-electron chi connectivity index (χ4n) is 3.23. The minimum absolute atomic E-state index is 0.108. The van der Waals surface area contributed by atoms with E-state index in [0.717, 1.165) is 0 Å². The van der Waals surface area contributed by atoms with Crippen molar-refractivity contribution in [3.8, 4) is 0 Å². The van der Waals surface area contributed by atoms with E-state index in [-0.39, 0.29) is 39.9 Å². The fourth-order valence-corrected chi connectivity index (χ4v) is 3.23. The highest BCUT2D eigenvalue weighted by molar-refractivity contribution is 6.30. The van der Waals surface area contributed by atoms with Crippen molar-refractivity contribution in [3.63, 3.8) is 0 Å². The normalized spacial score (nSPS) is 14.5. The van der Waals surface area contributed by atoms with Crippen molar-refractivity contribution < 1.29 is 24.3 Å². The number of urea groups is 1. The Kier molecular flexibility index (Phi) is 5.26. The number of nitrogens with one attached hydrogen (secondary N) is 2. The van der Waals surface area contributed by atoms with E-state index < -0.39 is 18.0 Å². The lowest BCUT2D eigenvalue weighted by Gasteiger charge is -2.22. The molecule has 3 N–H and O–H groups in total. The van der Waals surface area contributed by atoms with Gasteiger partial charge in [-0.1, -0.05) is 56.7 Å². The predicted molar refractivity (Wildman–Crippen MR) is 103 cm³/mol. The second kappa shape index (κ2) is 7.64.